The predicted molar refractivity (Wildman–Crippen MR) is 145 cm³/mol. The van der Waals surface area contributed by atoms with Crippen molar-refractivity contribution in [1.82, 2.24) is 15.5 Å². The molecule has 3 aliphatic rings. The maximum atomic E-state index is 14.1. The molecule has 1 spiro atoms. The summed E-state index contributed by atoms with van der Waals surface area (Å²) in [7, 11) is 0. The number of carbonyl (C=O) groups excluding carboxylic acids is 3. The highest BCUT2D eigenvalue weighted by molar-refractivity contribution is 5.99. The Morgan fingerprint density at radius 1 is 1.16 bits per heavy atom. The van der Waals surface area contributed by atoms with Gasteiger partial charge in [0.25, 0.3) is 0 Å². The summed E-state index contributed by atoms with van der Waals surface area (Å²) in [6.45, 7) is 9.05. The number of nitrogens with one attached hydrogen (secondary N) is 2. The Labute approximate surface area is 226 Å². The summed E-state index contributed by atoms with van der Waals surface area (Å²) in [5.41, 5.74) is -0.842. The third kappa shape index (κ3) is 5.09. The zero-order valence-electron chi connectivity index (χ0n) is 23.4. The number of carbonyl (C=O) groups is 3. The van der Waals surface area contributed by atoms with Crippen LogP contribution in [0, 0.1) is 17.8 Å². The molecule has 3 saturated heterocycles. The maximum Gasteiger partial charge on any atom is 0.246 e. The summed E-state index contributed by atoms with van der Waals surface area (Å²) in [5, 5.41) is 15.3. The van der Waals surface area contributed by atoms with E-state index in [1.165, 1.54) is 0 Å². The zero-order valence-corrected chi connectivity index (χ0v) is 23.4. The van der Waals surface area contributed by atoms with Crippen molar-refractivity contribution in [2.24, 2.45) is 17.8 Å². The number of benzene rings is 1. The highest BCUT2D eigenvalue weighted by Gasteiger charge is 2.79. The number of likely N-dealkylation sites (tertiary alicyclic amines) is 1. The first kappa shape index (κ1) is 28.6. The lowest BCUT2D eigenvalue weighted by molar-refractivity contribution is -0.147. The second-order valence-electron chi connectivity index (χ2n) is 11.8. The van der Waals surface area contributed by atoms with Crippen LogP contribution in [0.4, 0.5) is 0 Å². The predicted octanol–water partition coefficient (Wildman–Crippen LogP) is 3.17. The summed E-state index contributed by atoms with van der Waals surface area (Å²) in [6.07, 6.45) is 5.56. The van der Waals surface area contributed by atoms with Crippen LogP contribution in [0.2, 0.25) is 0 Å². The average Bonchev–Trinajstić information content (AvgIpc) is 3.39. The lowest BCUT2D eigenvalue weighted by Crippen LogP contribution is -2.57. The van der Waals surface area contributed by atoms with Crippen LogP contribution < -0.4 is 10.6 Å². The van der Waals surface area contributed by atoms with Crippen LogP contribution in [0.25, 0.3) is 0 Å². The van der Waals surface area contributed by atoms with Gasteiger partial charge in [0.2, 0.25) is 17.7 Å². The number of unbranched alkanes of at least 4 members (excludes halogenated alkanes) is 3. The molecule has 0 aromatic heterocycles. The molecule has 3 N–H and O–H groups in total. The number of hydrogen-bond donors (Lipinski definition) is 3. The maximum absolute atomic E-state index is 14.1. The van der Waals surface area contributed by atoms with E-state index in [1.807, 2.05) is 44.2 Å². The van der Waals surface area contributed by atoms with E-state index < -0.39 is 29.1 Å². The number of hydrogen-bond acceptors (Lipinski definition) is 5. The molecule has 3 aliphatic heterocycles. The Kier molecular flexibility index (Phi) is 8.82. The lowest BCUT2D eigenvalue weighted by atomic mass is 9.62. The van der Waals surface area contributed by atoms with Gasteiger partial charge in [0.05, 0.1) is 17.4 Å². The van der Waals surface area contributed by atoms with Crippen LogP contribution in [-0.2, 0) is 25.7 Å². The molecule has 0 radical (unpaired) electrons. The van der Waals surface area contributed by atoms with E-state index >= 15 is 0 Å². The van der Waals surface area contributed by atoms with E-state index in [1.54, 1.807) is 4.90 Å². The van der Waals surface area contributed by atoms with Crippen molar-refractivity contribution in [2.45, 2.75) is 102 Å². The fourth-order valence-corrected chi connectivity index (χ4v) is 7.15. The van der Waals surface area contributed by atoms with Crippen LogP contribution in [0.3, 0.4) is 0 Å². The van der Waals surface area contributed by atoms with Gasteiger partial charge in [-0.3, -0.25) is 14.4 Å². The summed E-state index contributed by atoms with van der Waals surface area (Å²) in [6, 6.07) is 8.95. The van der Waals surface area contributed by atoms with Gasteiger partial charge in [0.15, 0.2) is 0 Å². The average molecular weight is 528 g/mol. The van der Waals surface area contributed by atoms with Crippen molar-refractivity contribution < 1.29 is 24.2 Å². The number of aliphatic hydroxyl groups excluding tert-OH is 1. The Bertz CT molecular complexity index is 1000. The minimum Gasteiger partial charge on any atom is -0.396 e. The van der Waals surface area contributed by atoms with Gasteiger partial charge < -0.3 is 25.4 Å². The number of nitrogens with zero attached hydrogens (tertiary/aromatic N) is 1. The second kappa shape index (κ2) is 11.7. The molecule has 2 bridgehead atoms. The standard InChI is InChI=1S/C30H45N3O5/c1-5-13-21(3)32-27(36)25-30-18-20(2)29(4,38-30)23(26(35)31-19-22-14-9-8-10-15-22)24(30)28(37)33(25)16-11-6-7-12-17-34/h8-10,14-15,20-21,23-25,34H,5-7,11-13,16-19H2,1-4H3,(H,31,35)(H,32,36)/t20?,21?,23-,24-,25?,29+,30?/m0/s1. The van der Waals surface area contributed by atoms with E-state index in [0.29, 0.717) is 19.5 Å². The summed E-state index contributed by atoms with van der Waals surface area (Å²) in [4.78, 5) is 43.4. The molecule has 1 aromatic rings. The van der Waals surface area contributed by atoms with Gasteiger partial charge in [0, 0.05) is 25.7 Å². The molecule has 7 atom stereocenters. The van der Waals surface area contributed by atoms with Crippen molar-refractivity contribution in [3.8, 4) is 0 Å². The molecule has 1 aromatic carbocycles. The largest absolute Gasteiger partial charge is 0.396 e. The van der Waals surface area contributed by atoms with E-state index in [2.05, 4.69) is 24.5 Å². The number of aliphatic hydroxyl groups is 1. The Morgan fingerprint density at radius 3 is 2.55 bits per heavy atom. The highest BCUT2D eigenvalue weighted by Crippen LogP contribution is 2.65. The minimum atomic E-state index is -1.01. The molecular weight excluding hydrogens is 482 g/mol. The van der Waals surface area contributed by atoms with Gasteiger partial charge in [-0.05, 0) is 51.0 Å². The van der Waals surface area contributed by atoms with Crippen molar-refractivity contribution in [1.29, 1.82) is 0 Å². The van der Waals surface area contributed by atoms with Gasteiger partial charge in [-0.1, -0.05) is 63.4 Å². The molecule has 3 amide bonds. The molecule has 38 heavy (non-hydrogen) atoms. The van der Waals surface area contributed by atoms with E-state index in [4.69, 9.17) is 9.84 Å². The molecule has 8 heteroatoms. The summed E-state index contributed by atoms with van der Waals surface area (Å²) in [5.74, 6) is -1.84. The Balaban J connectivity index is 1.62. The van der Waals surface area contributed by atoms with Crippen molar-refractivity contribution >= 4 is 17.7 Å². The fraction of sp³-hybridized carbons (Fsp3) is 0.700. The van der Waals surface area contributed by atoms with Crippen LogP contribution >= 0.6 is 0 Å². The normalized spacial score (nSPS) is 32.3. The van der Waals surface area contributed by atoms with Gasteiger partial charge in [-0.25, -0.2) is 0 Å². The minimum absolute atomic E-state index is 0.0129. The van der Waals surface area contributed by atoms with Crippen molar-refractivity contribution in [2.75, 3.05) is 13.2 Å². The van der Waals surface area contributed by atoms with E-state index in [-0.39, 0.29) is 36.3 Å². The summed E-state index contributed by atoms with van der Waals surface area (Å²) >= 11 is 0. The molecule has 210 valence electrons. The number of rotatable bonds is 13. The molecule has 3 heterocycles. The van der Waals surface area contributed by atoms with E-state index in [0.717, 1.165) is 44.1 Å². The topological polar surface area (TPSA) is 108 Å². The van der Waals surface area contributed by atoms with Gasteiger partial charge in [-0.15, -0.1) is 0 Å². The van der Waals surface area contributed by atoms with Gasteiger partial charge in [-0.2, -0.15) is 0 Å². The molecule has 3 fully saturated rings. The monoisotopic (exact) mass is 527 g/mol. The summed E-state index contributed by atoms with van der Waals surface area (Å²) < 4.78 is 6.77. The highest BCUT2D eigenvalue weighted by atomic mass is 16.5. The van der Waals surface area contributed by atoms with Crippen LogP contribution in [0.5, 0.6) is 0 Å². The molecule has 4 rings (SSSR count). The third-order valence-corrected chi connectivity index (χ3v) is 9.07. The van der Waals surface area contributed by atoms with Gasteiger partial charge >= 0.3 is 0 Å². The molecule has 0 aliphatic carbocycles. The van der Waals surface area contributed by atoms with Crippen molar-refractivity contribution in [3.05, 3.63) is 35.9 Å². The quantitative estimate of drug-likeness (QED) is 0.342. The molecule has 8 nitrogen and oxygen atoms in total. The molecule has 0 saturated carbocycles. The number of amides is 3. The van der Waals surface area contributed by atoms with Crippen LogP contribution in [0.15, 0.2) is 30.3 Å². The first-order chi connectivity index (χ1) is 18.2. The van der Waals surface area contributed by atoms with Crippen LogP contribution in [-0.4, -0.2) is 64.2 Å². The zero-order chi connectivity index (χ0) is 27.5. The smallest absolute Gasteiger partial charge is 0.246 e. The number of fused-ring (bicyclic) bond motifs is 1. The third-order valence-electron chi connectivity index (χ3n) is 9.07. The van der Waals surface area contributed by atoms with Crippen LogP contribution in [0.1, 0.15) is 78.2 Å². The fourth-order valence-electron chi connectivity index (χ4n) is 7.15. The molecule has 4 unspecified atom stereocenters. The lowest BCUT2D eigenvalue weighted by Gasteiger charge is -2.36. The SMILES string of the molecule is CCCC(C)NC(=O)C1N(CCCCCCO)C(=O)[C@@H]2[C@@H](C(=O)NCc3ccccc3)[C@]3(C)OC12CC3C. The Hall–Kier alpha value is -2.45. The first-order valence-electron chi connectivity index (χ1n) is 14.4. The number of ether oxygens (including phenoxy) is 1. The first-order valence-corrected chi connectivity index (χ1v) is 14.4. The molecular formula is C30H45N3O5. The Morgan fingerprint density at radius 2 is 1.87 bits per heavy atom. The van der Waals surface area contributed by atoms with Crippen molar-refractivity contribution in [3.63, 3.8) is 0 Å². The van der Waals surface area contributed by atoms with Gasteiger partial charge in [0.1, 0.15) is 11.6 Å². The van der Waals surface area contributed by atoms with E-state index in [9.17, 15) is 14.4 Å². The second-order valence-corrected chi connectivity index (χ2v) is 11.8.